The Bertz CT molecular complexity index is 447. The van der Waals surface area contributed by atoms with Gasteiger partial charge < -0.3 is 0 Å². The predicted octanol–water partition coefficient (Wildman–Crippen LogP) is 2.37. The normalized spacial score (nSPS) is 10.5. The standard InChI is InChI=1S/C9H7ClFN3/c1-6-7(10)5-14(13-6)9-4-2-3-8(11)12-9/h2-5H,1H3. The fraction of sp³-hybridized carbons (Fsp3) is 0.111. The largest absolute Gasteiger partial charge is 0.221 e. The summed E-state index contributed by atoms with van der Waals surface area (Å²) < 4.78 is 14.2. The first kappa shape index (κ1) is 9.15. The van der Waals surface area contributed by atoms with Crippen molar-refractivity contribution in [1.82, 2.24) is 14.8 Å². The molecule has 0 aliphatic rings. The topological polar surface area (TPSA) is 30.7 Å². The van der Waals surface area contributed by atoms with Crippen molar-refractivity contribution >= 4 is 11.6 Å². The minimum atomic E-state index is -0.535. The molecular weight excluding hydrogens is 205 g/mol. The molecule has 3 nitrogen and oxygen atoms in total. The van der Waals surface area contributed by atoms with E-state index in [-0.39, 0.29) is 0 Å². The Morgan fingerprint density at radius 1 is 1.43 bits per heavy atom. The van der Waals surface area contributed by atoms with E-state index in [0.717, 1.165) is 0 Å². The van der Waals surface area contributed by atoms with Crippen molar-refractivity contribution in [2.45, 2.75) is 6.92 Å². The van der Waals surface area contributed by atoms with Crippen LogP contribution in [0.3, 0.4) is 0 Å². The molecule has 2 rings (SSSR count). The van der Waals surface area contributed by atoms with Gasteiger partial charge in [-0.15, -0.1) is 0 Å². The maximum Gasteiger partial charge on any atom is 0.214 e. The zero-order chi connectivity index (χ0) is 10.1. The van der Waals surface area contributed by atoms with Crippen LogP contribution in [0.25, 0.3) is 5.82 Å². The first-order valence-corrected chi connectivity index (χ1v) is 4.39. The summed E-state index contributed by atoms with van der Waals surface area (Å²) >= 11 is 5.81. The highest BCUT2D eigenvalue weighted by atomic mass is 35.5. The number of halogens is 2. The molecule has 0 bridgehead atoms. The molecule has 0 aromatic carbocycles. The highest BCUT2D eigenvalue weighted by molar-refractivity contribution is 6.31. The quantitative estimate of drug-likeness (QED) is 0.678. The van der Waals surface area contributed by atoms with Gasteiger partial charge in [0, 0.05) is 0 Å². The van der Waals surface area contributed by atoms with Crippen LogP contribution in [-0.4, -0.2) is 14.8 Å². The van der Waals surface area contributed by atoms with Gasteiger partial charge in [-0.25, -0.2) is 9.67 Å². The Labute approximate surface area is 85.1 Å². The van der Waals surface area contributed by atoms with E-state index in [1.54, 1.807) is 25.3 Å². The van der Waals surface area contributed by atoms with Crippen LogP contribution in [-0.2, 0) is 0 Å². The zero-order valence-electron chi connectivity index (χ0n) is 7.41. The van der Waals surface area contributed by atoms with Crippen LogP contribution in [0.5, 0.6) is 0 Å². The Kier molecular flexibility index (Phi) is 2.21. The van der Waals surface area contributed by atoms with Gasteiger partial charge in [-0.05, 0) is 19.1 Å². The van der Waals surface area contributed by atoms with Crippen LogP contribution in [0, 0.1) is 12.9 Å². The molecule has 0 unspecified atom stereocenters. The second-order valence-corrected chi connectivity index (χ2v) is 3.23. The van der Waals surface area contributed by atoms with Crippen molar-refractivity contribution in [3.05, 3.63) is 41.1 Å². The molecule has 2 heterocycles. The number of pyridine rings is 1. The first-order valence-electron chi connectivity index (χ1n) is 4.01. The fourth-order valence-electron chi connectivity index (χ4n) is 1.08. The van der Waals surface area contributed by atoms with E-state index in [1.165, 1.54) is 10.7 Å². The van der Waals surface area contributed by atoms with Gasteiger partial charge in [0.1, 0.15) is 0 Å². The summed E-state index contributed by atoms with van der Waals surface area (Å²) in [5, 5.41) is 4.62. The summed E-state index contributed by atoms with van der Waals surface area (Å²) in [5.41, 5.74) is 0.692. The monoisotopic (exact) mass is 211 g/mol. The highest BCUT2D eigenvalue weighted by Crippen LogP contribution is 2.14. The number of hydrogen-bond acceptors (Lipinski definition) is 2. The first-order chi connectivity index (χ1) is 6.66. The lowest BCUT2D eigenvalue weighted by molar-refractivity contribution is 0.577. The molecule has 72 valence electrons. The zero-order valence-corrected chi connectivity index (χ0v) is 8.16. The summed E-state index contributed by atoms with van der Waals surface area (Å²) in [6.07, 6.45) is 1.60. The van der Waals surface area contributed by atoms with Gasteiger partial charge in [0.25, 0.3) is 0 Å². The van der Waals surface area contributed by atoms with E-state index in [1.807, 2.05) is 0 Å². The number of nitrogens with zero attached hydrogens (tertiary/aromatic N) is 3. The van der Waals surface area contributed by atoms with Gasteiger partial charge in [0.05, 0.1) is 16.9 Å². The maximum absolute atomic E-state index is 12.8. The molecule has 0 atom stereocenters. The molecular formula is C9H7ClFN3. The number of aromatic nitrogens is 3. The lowest BCUT2D eigenvalue weighted by Crippen LogP contribution is -1.99. The molecule has 0 saturated heterocycles. The van der Waals surface area contributed by atoms with Crippen LogP contribution >= 0.6 is 11.6 Å². The van der Waals surface area contributed by atoms with Crippen molar-refractivity contribution in [2.75, 3.05) is 0 Å². The molecule has 0 radical (unpaired) electrons. The van der Waals surface area contributed by atoms with E-state index in [2.05, 4.69) is 10.1 Å². The van der Waals surface area contributed by atoms with Crippen molar-refractivity contribution in [3.8, 4) is 5.82 Å². The molecule has 14 heavy (non-hydrogen) atoms. The van der Waals surface area contributed by atoms with Gasteiger partial charge in [-0.1, -0.05) is 17.7 Å². The minimum Gasteiger partial charge on any atom is -0.221 e. The van der Waals surface area contributed by atoms with Crippen LogP contribution in [0.15, 0.2) is 24.4 Å². The van der Waals surface area contributed by atoms with Crippen molar-refractivity contribution < 1.29 is 4.39 Å². The van der Waals surface area contributed by atoms with Crippen molar-refractivity contribution in [2.24, 2.45) is 0 Å². The van der Waals surface area contributed by atoms with Crippen LogP contribution < -0.4 is 0 Å². The van der Waals surface area contributed by atoms with Crippen LogP contribution in [0.4, 0.5) is 4.39 Å². The summed E-state index contributed by atoms with van der Waals surface area (Å²) in [5.74, 6) is -0.119. The van der Waals surface area contributed by atoms with Crippen LogP contribution in [0.1, 0.15) is 5.69 Å². The molecule has 0 N–H and O–H groups in total. The third-order valence-electron chi connectivity index (χ3n) is 1.77. The molecule has 0 amide bonds. The van der Waals surface area contributed by atoms with E-state index in [9.17, 15) is 4.39 Å². The lowest BCUT2D eigenvalue weighted by Gasteiger charge is -1.98. The van der Waals surface area contributed by atoms with Gasteiger partial charge in [-0.3, -0.25) is 0 Å². The van der Waals surface area contributed by atoms with Gasteiger partial charge in [0.15, 0.2) is 5.82 Å². The molecule has 0 aliphatic carbocycles. The molecule has 2 aromatic rings. The SMILES string of the molecule is Cc1nn(-c2cccc(F)n2)cc1Cl. The fourth-order valence-corrected chi connectivity index (χ4v) is 1.21. The summed E-state index contributed by atoms with van der Waals surface area (Å²) in [6, 6.07) is 4.51. The molecule has 0 saturated carbocycles. The average molecular weight is 212 g/mol. The number of rotatable bonds is 1. The van der Waals surface area contributed by atoms with Crippen molar-refractivity contribution in [3.63, 3.8) is 0 Å². The molecule has 0 fully saturated rings. The Morgan fingerprint density at radius 2 is 2.21 bits per heavy atom. The van der Waals surface area contributed by atoms with Crippen LogP contribution in [0.2, 0.25) is 5.02 Å². The molecule has 5 heteroatoms. The second kappa shape index (κ2) is 3.38. The van der Waals surface area contributed by atoms with E-state index < -0.39 is 5.95 Å². The molecule has 0 spiro atoms. The number of hydrogen-bond donors (Lipinski definition) is 0. The van der Waals surface area contributed by atoms with E-state index >= 15 is 0 Å². The van der Waals surface area contributed by atoms with E-state index in [4.69, 9.17) is 11.6 Å². The highest BCUT2D eigenvalue weighted by Gasteiger charge is 2.05. The third-order valence-corrected chi connectivity index (χ3v) is 2.15. The van der Waals surface area contributed by atoms with E-state index in [0.29, 0.717) is 16.5 Å². The minimum absolute atomic E-state index is 0.417. The third kappa shape index (κ3) is 1.61. The number of aryl methyl sites for hydroxylation is 1. The van der Waals surface area contributed by atoms with Gasteiger partial charge >= 0.3 is 0 Å². The average Bonchev–Trinajstić information content (AvgIpc) is 2.47. The summed E-state index contributed by atoms with van der Waals surface area (Å²) in [6.45, 7) is 1.78. The van der Waals surface area contributed by atoms with Gasteiger partial charge in [-0.2, -0.15) is 9.49 Å². The smallest absolute Gasteiger partial charge is 0.214 e. The molecule has 2 aromatic heterocycles. The maximum atomic E-state index is 12.8. The second-order valence-electron chi connectivity index (χ2n) is 2.83. The Hall–Kier alpha value is -1.42. The lowest BCUT2D eigenvalue weighted by atomic mass is 10.4. The summed E-state index contributed by atoms with van der Waals surface area (Å²) in [4.78, 5) is 3.67. The van der Waals surface area contributed by atoms with Gasteiger partial charge in [0.2, 0.25) is 5.95 Å². The Morgan fingerprint density at radius 3 is 2.79 bits per heavy atom. The summed E-state index contributed by atoms with van der Waals surface area (Å²) in [7, 11) is 0. The molecule has 0 aliphatic heterocycles. The van der Waals surface area contributed by atoms with Crippen molar-refractivity contribution in [1.29, 1.82) is 0 Å². The Balaban J connectivity index is 2.49. The predicted molar refractivity (Wildman–Crippen MR) is 51.1 cm³/mol.